The van der Waals surface area contributed by atoms with E-state index in [9.17, 15) is 18.7 Å². The zero-order valence-corrected chi connectivity index (χ0v) is 9.61. The van der Waals surface area contributed by atoms with Gasteiger partial charge in [0.1, 0.15) is 11.8 Å². The Bertz CT molecular complexity index is 495. The number of halogens is 2. The SMILES string of the molecule is CCOC(=O)Cc1cc(O)c(C#N)cc1C(F)F. The van der Waals surface area contributed by atoms with Crippen LogP contribution in [0, 0.1) is 11.3 Å². The third kappa shape index (κ3) is 3.17. The summed E-state index contributed by atoms with van der Waals surface area (Å²) >= 11 is 0. The van der Waals surface area contributed by atoms with Gasteiger partial charge in [0.05, 0.1) is 18.6 Å². The third-order valence-corrected chi connectivity index (χ3v) is 2.25. The van der Waals surface area contributed by atoms with Crippen molar-refractivity contribution in [2.75, 3.05) is 6.61 Å². The Labute approximate surface area is 102 Å². The molecule has 6 heteroatoms. The maximum atomic E-state index is 12.8. The first-order chi connectivity index (χ1) is 8.49. The van der Waals surface area contributed by atoms with E-state index in [2.05, 4.69) is 4.74 Å². The second kappa shape index (κ2) is 5.96. The Balaban J connectivity index is 3.14. The molecule has 0 aliphatic heterocycles. The quantitative estimate of drug-likeness (QED) is 0.838. The van der Waals surface area contributed by atoms with Crippen LogP contribution in [0.3, 0.4) is 0 Å². The van der Waals surface area contributed by atoms with E-state index in [1.165, 1.54) is 0 Å². The van der Waals surface area contributed by atoms with Gasteiger partial charge >= 0.3 is 5.97 Å². The van der Waals surface area contributed by atoms with Crippen LogP contribution in [0.1, 0.15) is 30.0 Å². The van der Waals surface area contributed by atoms with Crippen molar-refractivity contribution in [2.45, 2.75) is 19.8 Å². The van der Waals surface area contributed by atoms with Gasteiger partial charge in [-0.15, -0.1) is 0 Å². The molecule has 0 amide bonds. The van der Waals surface area contributed by atoms with E-state index in [0.29, 0.717) is 0 Å². The lowest BCUT2D eigenvalue weighted by Gasteiger charge is -2.10. The molecule has 0 bridgehead atoms. The van der Waals surface area contributed by atoms with Crippen molar-refractivity contribution >= 4 is 5.97 Å². The van der Waals surface area contributed by atoms with Crippen LogP contribution in [-0.2, 0) is 16.0 Å². The molecule has 1 rings (SSSR count). The van der Waals surface area contributed by atoms with Crippen LogP contribution in [0.5, 0.6) is 5.75 Å². The van der Waals surface area contributed by atoms with Crippen LogP contribution in [0.15, 0.2) is 12.1 Å². The van der Waals surface area contributed by atoms with E-state index in [0.717, 1.165) is 12.1 Å². The molecule has 0 spiro atoms. The van der Waals surface area contributed by atoms with E-state index in [-0.39, 0.29) is 24.2 Å². The number of nitriles is 1. The average Bonchev–Trinajstić information content (AvgIpc) is 2.29. The molecule has 0 atom stereocenters. The van der Waals surface area contributed by atoms with Crippen molar-refractivity contribution in [1.29, 1.82) is 5.26 Å². The molecule has 0 aliphatic carbocycles. The Morgan fingerprint density at radius 3 is 2.72 bits per heavy atom. The largest absolute Gasteiger partial charge is 0.507 e. The Morgan fingerprint density at radius 2 is 2.22 bits per heavy atom. The Hall–Kier alpha value is -2.16. The summed E-state index contributed by atoms with van der Waals surface area (Å²) in [5, 5.41) is 18.1. The minimum atomic E-state index is -2.83. The summed E-state index contributed by atoms with van der Waals surface area (Å²) in [6, 6.07) is 3.48. The van der Waals surface area contributed by atoms with Crippen molar-refractivity contribution in [2.24, 2.45) is 0 Å². The summed E-state index contributed by atoms with van der Waals surface area (Å²) in [6.07, 6.45) is -3.20. The predicted molar refractivity (Wildman–Crippen MR) is 58.1 cm³/mol. The fourth-order valence-corrected chi connectivity index (χ4v) is 1.46. The number of rotatable bonds is 4. The number of nitrogens with zero attached hydrogens (tertiary/aromatic N) is 1. The number of carbonyl (C=O) groups is 1. The van der Waals surface area contributed by atoms with Gasteiger partial charge in [0.25, 0.3) is 6.43 Å². The lowest BCUT2D eigenvalue weighted by molar-refractivity contribution is -0.142. The van der Waals surface area contributed by atoms with Crippen molar-refractivity contribution in [1.82, 2.24) is 0 Å². The fraction of sp³-hybridized carbons (Fsp3) is 0.333. The molecule has 1 aromatic carbocycles. The van der Waals surface area contributed by atoms with Gasteiger partial charge in [0.2, 0.25) is 0 Å². The number of carbonyl (C=O) groups excluding carboxylic acids is 1. The first-order valence-electron chi connectivity index (χ1n) is 5.19. The minimum absolute atomic E-state index is 0.0417. The molecule has 18 heavy (non-hydrogen) atoms. The topological polar surface area (TPSA) is 70.3 Å². The van der Waals surface area contributed by atoms with Gasteiger partial charge in [-0.3, -0.25) is 4.79 Å². The van der Waals surface area contributed by atoms with Crippen LogP contribution in [0.4, 0.5) is 8.78 Å². The molecular formula is C12H11F2NO3. The summed E-state index contributed by atoms with van der Waals surface area (Å²) in [4.78, 5) is 11.2. The van der Waals surface area contributed by atoms with Crippen LogP contribution in [-0.4, -0.2) is 17.7 Å². The predicted octanol–water partition coefficient (Wildman–Crippen LogP) is 2.31. The summed E-state index contributed by atoms with van der Waals surface area (Å²) in [6.45, 7) is 1.74. The van der Waals surface area contributed by atoms with Crippen LogP contribution >= 0.6 is 0 Å². The van der Waals surface area contributed by atoms with Crippen LogP contribution < -0.4 is 0 Å². The maximum absolute atomic E-state index is 12.8. The molecular weight excluding hydrogens is 244 g/mol. The summed E-state index contributed by atoms with van der Waals surface area (Å²) in [5.74, 6) is -1.09. The highest BCUT2D eigenvalue weighted by Crippen LogP contribution is 2.29. The Kier molecular flexibility index (Phi) is 4.60. The molecule has 0 saturated heterocycles. The second-order valence-electron chi connectivity index (χ2n) is 3.46. The number of benzene rings is 1. The van der Waals surface area contributed by atoms with Gasteiger partial charge < -0.3 is 9.84 Å². The van der Waals surface area contributed by atoms with Gasteiger partial charge in [0, 0.05) is 5.56 Å². The van der Waals surface area contributed by atoms with E-state index in [1.807, 2.05) is 0 Å². The molecule has 0 heterocycles. The molecule has 0 fully saturated rings. The van der Waals surface area contributed by atoms with Gasteiger partial charge in [-0.1, -0.05) is 0 Å². The minimum Gasteiger partial charge on any atom is -0.507 e. The summed E-state index contributed by atoms with van der Waals surface area (Å²) in [5.41, 5.74) is -0.740. The fourth-order valence-electron chi connectivity index (χ4n) is 1.46. The number of hydrogen-bond acceptors (Lipinski definition) is 4. The first kappa shape index (κ1) is 13.9. The molecule has 4 nitrogen and oxygen atoms in total. The third-order valence-electron chi connectivity index (χ3n) is 2.25. The lowest BCUT2D eigenvalue weighted by Crippen LogP contribution is -2.09. The molecule has 96 valence electrons. The highest BCUT2D eigenvalue weighted by molar-refractivity contribution is 5.73. The normalized spacial score (nSPS) is 10.2. The first-order valence-corrected chi connectivity index (χ1v) is 5.19. The summed E-state index contributed by atoms with van der Waals surface area (Å²) in [7, 11) is 0. The van der Waals surface area contributed by atoms with E-state index in [4.69, 9.17) is 5.26 Å². The average molecular weight is 255 g/mol. The second-order valence-corrected chi connectivity index (χ2v) is 3.46. The number of phenolic OH excluding ortho intramolecular Hbond substituents is 1. The standard InChI is InChI=1S/C12H11F2NO3/c1-2-18-11(17)5-7-4-10(16)8(6-15)3-9(7)12(13)14/h3-4,12,16H,2,5H2,1H3. The number of alkyl halides is 2. The smallest absolute Gasteiger partial charge is 0.310 e. The molecule has 0 aliphatic rings. The van der Waals surface area contributed by atoms with E-state index < -0.39 is 23.7 Å². The van der Waals surface area contributed by atoms with Gasteiger partial charge in [0.15, 0.2) is 0 Å². The van der Waals surface area contributed by atoms with E-state index >= 15 is 0 Å². The highest BCUT2D eigenvalue weighted by Gasteiger charge is 2.19. The summed E-state index contributed by atoms with van der Waals surface area (Å²) < 4.78 is 30.2. The van der Waals surface area contributed by atoms with Crippen molar-refractivity contribution < 1.29 is 23.4 Å². The monoisotopic (exact) mass is 255 g/mol. The maximum Gasteiger partial charge on any atom is 0.310 e. The number of phenols is 1. The van der Waals surface area contributed by atoms with Crippen LogP contribution in [0.25, 0.3) is 0 Å². The molecule has 1 N–H and O–H groups in total. The van der Waals surface area contributed by atoms with Gasteiger partial charge in [-0.05, 0) is 24.6 Å². The molecule has 0 unspecified atom stereocenters. The Morgan fingerprint density at radius 1 is 1.56 bits per heavy atom. The zero-order valence-electron chi connectivity index (χ0n) is 9.61. The number of hydrogen-bond donors (Lipinski definition) is 1. The lowest BCUT2D eigenvalue weighted by atomic mass is 10.0. The number of aromatic hydroxyl groups is 1. The van der Waals surface area contributed by atoms with E-state index in [1.54, 1.807) is 13.0 Å². The van der Waals surface area contributed by atoms with Gasteiger partial charge in [-0.25, -0.2) is 8.78 Å². The van der Waals surface area contributed by atoms with Gasteiger partial charge in [-0.2, -0.15) is 5.26 Å². The molecule has 0 aromatic heterocycles. The van der Waals surface area contributed by atoms with Crippen molar-refractivity contribution in [3.63, 3.8) is 0 Å². The number of esters is 1. The molecule has 0 radical (unpaired) electrons. The molecule has 1 aromatic rings. The van der Waals surface area contributed by atoms with Crippen molar-refractivity contribution in [3.8, 4) is 11.8 Å². The molecule has 0 saturated carbocycles. The zero-order chi connectivity index (χ0) is 13.7. The van der Waals surface area contributed by atoms with Crippen LogP contribution in [0.2, 0.25) is 0 Å². The van der Waals surface area contributed by atoms with Crippen molar-refractivity contribution in [3.05, 3.63) is 28.8 Å². The number of ether oxygens (including phenoxy) is 1. The highest BCUT2D eigenvalue weighted by atomic mass is 19.3.